The van der Waals surface area contributed by atoms with Crippen molar-refractivity contribution in [1.29, 1.82) is 0 Å². The summed E-state index contributed by atoms with van der Waals surface area (Å²) in [6.07, 6.45) is 11.7. The first-order valence-corrected chi connectivity index (χ1v) is 34.9. The minimum Gasteiger partial charge on any atom is -0.482 e. The molecule has 0 bridgehead atoms. The molecule has 17 heteroatoms. The summed E-state index contributed by atoms with van der Waals surface area (Å²) in [7, 11) is -0.589. The van der Waals surface area contributed by atoms with E-state index in [4.69, 9.17) is 42.6 Å². The van der Waals surface area contributed by atoms with Gasteiger partial charge in [-0.3, -0.25) is 0 Å². The zero-order valence-electron chi connectivity index (χ0n) is 49.6. The molecular formula is C68H75I4O12S+. The maximum absolute atomic E-state index is 13.0. The number of esters is 3. The van der Waals surface area contributed by atoms with Gasteiger partial charge < -0.3 is 42.6 Å². The van der Waals surface area contributed by atoms with Gasteiger partial charge in [0.05, 0.1) is 25.2 Å². The van der Waals surface area contributed by atoms with Gasteiger partial charge in [0.1, 0.15) is 68.5 Å². The molecule has 0 radical (unpaired) electrons. The molecule has 0 N–H and O–H groups in total. The number of hydrogen-bond acceptors (Lipinski definition) is 12. The summed E-state index contributed by atoms with van der Waals surface area (Å²) < 4.78 is 59.1. The molecule has 0 aromatic heterocycles. The highest BCUT2D eigenvalue weighted by Gasteiger charge is 2.43. The third-order valence-electron chi connectivity index (χ3n) is 16.8. The average molecular weight is 1620 g/mol. The van der Waals surface area contributed by atoms with Crippen molar-refractivity contribution < 1.29 is 57.0 Å². The van der Waals surface area contributed by atoms with Crippen molar-refractivity contribution in [3.63, 3.8) is 0 Å². The van der Waals surface area contributed by atoms with Crippen molar-refractivity contribution in [1.82, 2.24) is 0 Å². The lowest BCUT2D eigenvalue weighted by molar-refractivity contribution is -0.167. The van der Waals surface area contributed by atoms with Gasteiger partial charge in [-0.05, 0) is 319 Å². The fourth-order valence-electron chi connectivity index (χ4n) is 11.6. The number of aryl methyl sites for hydroxylation is 2. The minimum atomic E-state index is -0.589. The van der Waals surface area contributed by atoms with Gasteiger partial charge in [-0.1, -0.05) is 41.5 Å². The van der Waals surface area contributed by atoms with Gasteiger partial charge in [0.15, 0.2) is 34.5 Å². The normalized spacial score (nSPS) is 16.3. The molecule has 3 fully saturated rings. The Morgan fingerprint density at radius 2 is 0.647 bits per heavy atom. The van der Waals surface area contributed by atoms with Crippen LogP contribution in [0.2, 0.25) is 0 Å². The second kappa shape index (κ2) is 29.0. The summed E-state index contributed by atoms with van der Waals surface area (Å²) in [6, 6.07) is 36.0. The van der Waals surface area contributed by atoms with Gasteiger partial charge in [-0.25, -0.2) is 14.4 Å². The average Bonchev–Trinajstić information content (AvgIpc) is 4.39. The molecule has 6 aromatic rings. The highest BCUT2D eigenvalue weighted by atomic mass is 127. The first-order chi connectivity index (χ1) is 40.6. The molecule has 0 heterocycles. The summed E-state index contributed by atoms with van der Waals surface area (Å²) >= 11 is 8.92. The lowest BCUT2D eigenvalue weighted by Gasteiger charge is -2.33. The van der Waals surface area contributed by atoms with E-state index in [1.54, 1.807) is 0 Å². The molecule has 3 aliphatic rings. The summed E-state index contributed by atoms with van der Waals surface area (Å²) in [4.78, 5) is 42.2. The number of hydrogen-bond donors (Lipinski definition) is 0. The van der Waals surface area contributed by atoms with Crippen molar-refractivity contribution in [2.24, 2.45) is 17.8 Å². The van der Waals surface area contributed by atoms with Crippen molar-refractivity contribution in [2.45, 2.75) is 164 Å². The Morgan fingerprint density at radius 1 is 0.388 bits per heavy atom. The third-order valence-corrected chi connectivity index (χ3v) is 22.4. The van der Waals surface area contributed by atoms with Crippen LogP contribution in [0.15, 0.2) is 124 Å². The molecule has 0 spiro atoms. The maximum Gasteiger partial charge on any atom is 0.344 e. The second-order valence-electron chi connectivity index (χ2n) is 23.4. The molecule has 3 aliphatic carbocycles. The largest absolute Gasteiger partial charge is 0.482 e. The van der Waals surface area contributed by atoms with Crippen LogP contribution in [0.1, 0.15) is 130 Å². The van der Waals surface area contributed by atoms with E-state index in [0.29, 0.717) is 51.7 Å². The highest BCUT2D eigenvalue weighted by Crippen LogP contribution is 2.44. The molecule has 3 saturated carbocycles. The lowest BCUT2D eigenvalue weighted by atomic mass is 9.88. The van der Waals surface area contributed by atoms with Crippen molar-refractivity contribution >= 4 is 119 Å². The molecule has 0 aliphatic heterocycles. The lowest BCUT2D eigenvalue weighted by Crippen LogP contribution is -2.39. The van der Waals surface area contributed by atoms with E-state index < -0.39 is 27.7 Å². The van der Waals surface area contributed by atoms with Gasteiger partial charge in [-0.15, -0.1) is 0 Å². The van der Waals surface area contributed by atoms with Gasteiger partial charge in [0.2, 0.25) is 0 Å². The molecular weight excluding hydrogens is 1550 g/mol. The van der Waals surface area contributed by atoms with Gasteiger partial charge in [-0.2, -0.15) is 0 Å². The van der Waals surface area contributed by atoms with Crippen LogP contribution in [0.5, 0.6) is 51.7 Å². The minimum absolute atomic E-state index is 0.159. The fourth-order valence-corrected chi connectivity index (χ4v) is 16.0. The summed E-state index contributed by atoms with van der Waals surface area (Å²) in [5, 5.41) is 0. The summed E-state index contributed by atoms with van der Waals surface area (Å²) in [5.74, 6) is 5.50. The highest BCUT2D eigenvalue weighted by molar-refractivity contribution is 14.1. The molecule has 6 aromatic carbocycles. The first-order valence-electron chi connectivity index (χ1n) is 29.3. The zero-order valence-corrected chi connectivity index (χ0v) is 59.0. The molecule has 9 rings (SSSR count). The van der Waals surface area contributed by atoms with Crippen LogP contribution in [0.4, 0.5) is 0 Å². The predicted molar refractivity (Wildman–Crippen MR) is 364 cm³/mol. The van der Waals surface area contributed by atoms with Crippen molar-refractivity contribution in [3.8, 4) is 51.7 Å². The van der Waals surface area contributed by atoms with E-state index in [2.05, 4.69) is 168 Å². The van der Waals surface area contributed by atoms with Crippen LogP contribution in [0.3, 0.4) is 0 Å². The Labute approximate surface area is 558 Å². The second-order valence-corrected chi connectivity index (χ2v) is 30.1. The molecule has 452 valence electrons. The Bertz CT molecular complexity index is 2960. The van der Waals surface area contributed by atoms with Crippen molar-refractivity contribution in [2.75, 3.05) is 19.8 Å². The van der Waals surface area contributed by atoms with E-state index in [-0.39, 0.29) is 55.5 Å². The molecule has 1 unspecified atom stereocenters. The van der Waals surface area contributed by atoms with Gasteiger partial charge >= 0.3 is 17.9 Å². The van der Waals surface area contributed by atoms with Crippen LogP contribution >= 0.6 is 90.4 Å². The molecule has 12 nitrogen and oxygen atoms in total. The number of ether oxygens (including phenoxy) is 9. The van der Waals surface area contributed by atoms with E-state index in [0.717, 1.165) is 117 Å². The Balaban J connectivity index is 0.902. The van der Waals surface area contributed by atoms with Crippen LogP contribution in [0, 0.1) is 45.9 Å². The third kappa shape index (κ3) is 16.2. The van der Waals surface area contributed by atoms with Crippen molar-refractivity contribution in [3.05, 3.63) is 135 Å². The fraction of sp³-hybridized carbons (Fsp3) is 0.426. The number of benzene rings is 6. The van der Waals surface area contributed by atoms with Crippen LogP contribution in [0.25, 0.3) is 0 Å². The maximum atomic E-state index is 13.0. The Morgan fingerprint density at radius 3 is 1.01 bits per heavy atom. The molecule has 0 saturated heterocycles. The smallest absolute Gasteiger partial charge is 0.344 e. The Hall–Kier alpha value is -4.20. The van der Waals surface area contributed by atoms with Crippen LogP contribution < -0.4 is 28.4 Å². The van der Waals surface area contributed by atoms with E-state index >= 15 is 0 Å². The number of halogens is 4. The van der Waals surface area contributed by atoms with E-state index in [1.807, 2.05) is 86.6 Å². The standard InChI is InChI=1S/C68H75I4O12S/c1-42(2)66(27-9-10-28-66)82-63(73)39-76-57-35-55(71)61(34-45(57)7)80-48-17-23-51(24-18-48)85(50-21-15-47(16-22-50)79-58-36-53(69)59(33-46(58)8)77-40-64(74)83-67(43(3)4)29-11-12-30-67)52-25-19-49(20-26-52)81-62-38-54(70)60(37-56(62)72)78-41-65(75)84-68(44(5)6)31-13-14-32-68/h15-26,33-38,42-44H,9-14,27-32,39-41H2,1-8H3/q+1. The number of carbonyl (C=O) groups excluding carboxylic acids is 3. The van der Waals surface area contributed by atoms with Gasteiger partial charge in [0, 0.05) is 0 Å². The summed E-state index contributed by atoms with van der Waals surface area (Å²) in [6.45, 7) is 16.1. The quantitative estimate of drug-likeness (QED) is 0.0247. The zero-order chi connectivity index (χ0) is 60.6. The monoisotopic (exact) mass is 1620 g/mol. The first kappa shape index (κ1) is 65.3. The van der Waals surface area contributed by atoms with Crippen LogP contribution in [-0.4, -0.2) is 54.5 Å². The Kier molecular flexibility index (Phi) is 22.2. The molecule has 1 atom stereocenters. The number of rotatable bonds is 24. The number of carbonyl (C=O) groups is 3. The summed E-state index contributed by atoms with van der Waals surface area (Å²) in [5.41, 5.74) is 0.470. The predicted octanol–water partition coefficient (Wildman–Crippen LogP) is 18.9. The van der Waals surface area contributed by atoms with Gasteiger partial charge in [0.25, 0.3) is 0 Å². The molecule has 85 heavy (non-hydrogen) atoms. The van der Waals surface area contributed by atoms with E-state index in [1.165, 1.54) is 0 Å². The topological polar surface area (TPSA) is 134 Å². The SMILES string of the molecule is Cc1cc(Oc2ccc([S+](c3ccc(Oc4cc(I)c(OCC(=O)OC5(C(C)C)CCCC5)cc4C)cc3)c3ccc(Oc4cc(I)c(OCC(=O)OC5(C(C)C)CCCC5)cc4I)cc3)cc2)c(I)cc1OCC(=O)OC1(C(C)C)CCCC1. The van der Waals surface area contributed by atoms with Crippen LogP contribution in [-0.2, 0) is 39.5 Å². The molecule has 0 amide bonds. The van der Waals surface area contributed by atoms with E-state index in [9.17, 15) is 14.4 Å².